The van der Waals surface area contributed by atoms with Crippen LogP contribution in [0.1, 0.15) is 11.3 Å². The van der Waals surface area contributed by atoms with Crippen LogP contribution in [0.2, 0.25) is 0 Å². The molecule has 4 rings (SSSR count). The number of aromatic amines is 1. The number of anilines is 2. The summed E-state index contributed by atoms with van der Waals surface area (Å²) in [5.74, 6) is 1.26. The average Bonchev–Trinajstić information content (AvgIpc) is 3.23. The maximum atomic E-state index is 9.73. The van der Waals surface area contributed by atoms with Gasteiger partial charge in [-0.05, 0) is 42.8 Å². The molecule has 144 valence electrons. The Morgan fingerprint density at radius 3 is 2.66 bits per heavy atom. The minimum absolute atomic E-state index is 0.466. The van der Waals surface area contributed by atoms with Crippen molar-refractivity contribution in [2.24, 2.45) is 0 Å². The fraction of sp³-hybridized carbons (Fsp3) is 0.130. The number of H-pyrrole nitrogens is 1. The summed E-state index contributed by atoms with van der Waals surface area (Å²) in [5.41, 5.74) is 5.64. The van der Waals surface area contributed by atoms with E-state index in [1.54, 1.807) is 20.4 Å². The van der Waals surface area contributed by atoms with Gasteiger partial charge >= 0.3 is 0 Å². The largest absolute Gasteiger partial charge is 0.493 e. The summed E-state index contributed by atoms with van der Waals surface area (Å²) < 4.78 is 10.8. The third-order valence-electron chi connectivity index (χ3n) is 4.92. The lowest BCUT2D eigenvalue weighted by molar-refractivity contribution is 0.355. The van der Waals surface area contributed by atoms with Crippen LogP contribution in [0, 0.1) is 18.3 Å². The number of nitriles is 1. The van der Waals surface area contributed by atoms with Crippen molar-refractivity contribution in [1.29, 1.82) is 5.26 Å². The first kappa shape index (κ1) is 18.4. The maximum absolute atomic E-state index is 9.73. The second-order valence-electron chi connectivity index (χ2n) is 6.56. The Kier molecular flexibility index (Phi) is 4.80. The Balaban J connectivity index is 1.92. The summed E-state index contributed by atoms with van der Waals surface area (Å²) in [6, 6.07) is 15.9. The summed E-state index contributed by atoms with van der Waals surface area (Å²) in [4.78, 5) is 7.65. The Labute approximate surface area is 168 Å². The van der Waals surface area contributed by atoms with Crippen LogP contribution in [-0.2, 0) is 0 Å². The van der Waals surface area contributed by atoms with Crippen LogP contribution in [0.3, 0.4) is 0 Å². The van der Waals surface area contributed by atoms with Crippen molar-refractivity contribution in [2.75, 3.05) is 19.5 Å². The molecule has 0 bridgehead atoms. The molecule has 0 spiro atoms. The first-order valence-corrected chi connectivity index (χ1v) is 9.11. The standard InChI is InChI=1S/C23H20N4O2/c1-14-22(15-7-8-20(28-2)21(11-15)29-3)23(16(12-24)13-26-14)27-19-6-4-5-18-17(19)9-10-25-18/h4-11,13,25H,1-3H3,(H,26,27). The van der Waals surface area contributed by atoms with E-state index in [-0.39, 0.29) is 0 Å². The SMILES string of the molecule is COc1ccc(-c2c(C)ncc(C#N)c2Nc2cccc3[nH]ccc23)cc1OC. The van der Waals surface area contributed by atoms with Crippen LogP contribution < -0.4 is 14.8 Å². The summed E-state index contributed by atoms with van der Waals surface area (Å²) in [6.45, 7) is 1.93. The fourth-order valence-electron chi connectivity index (χ4n) is 3.49. The lowest BCUT2D eigenvalue weighted by Crippen LogP contribution is -2.01. The molecule has 0 atom stereocenters. The molecule has 6 heteroatoms. The van der Waals surface area contributed by atoms with Gasteiger partial charge in [0, 0.05) is 40.2 Å². The van der Waals surface area contributed by atoms with Gasteiger partial charge in [0.25, 0.3) is 0 Å². The Hall–Kier alpha value is -3.98. The molecule has 0 amide bonds. The van der Waals surface area contributed by atoms with Gasteiger partial charge in [-0.1, -0.05) is 12.1 Å². The van der Waals surface area contributed by atoms with E-state index in [2.05, 4.69) is 21.4 Å². The van der Waals surface area contributed by atoms with Crippen LogP contribution in [0.5, 0.6) is 11.5 Å². The molecule has 0 aliphatic heterocycles. The smallest absolute Gasteiger partial charge is 0.161 e. The zero-order valence-electron chi connectivity index (χ0n) is 16.4. The normalized spacial score (nSPS) is 10.6. The first-order chi connectivity index (χ1) is 14.2. The second kappa shape index (κ2) is 7.56. The first-order valence-electron chi connectivity index (χ1n) is 9.11. The van der Waals surface area contributed by atoms with E-state index in [9.17, 15) is 5.26 Å². The third kappa shape index (κ3) is 3.23. The van der Waals surface area contributed by atoms with E-state index in [1.807, 2.05) is 55.6 Å². The van der Waals surface area contributed by atoms with E-state index in [0.29, 0.717) is 22.7 Å². The fourth-order valence-corrected chi connectivity index (χ4v) is 3.49. The molecule has 2 aromatic heterocycles. The van der Waals surface area contributed by atoms with Crippen LogP contribution in [-0.4, -0.2) is 24.2 Å². The number of rotatable bonds is 5. The molecule has 2 aromatic carbocycles. The van der Waals surface area contributed by atoms with E-state index in [1.165, 1.54) is 0 Å². The molecule has 29 heavy (non-hydrogen) atoms. The molecule has 0 aliphatic rings. The molecular formula is C23H20N4O2. The van der Waals surface area contributed by atoms with E-state index >= 15 is 0 Å². The van der Waals surface area contributed by atoms with Crippen LogP contribution in [0.15, 0.2) is 54.9 Å². The number of benzene rings is 2. The zero-order valence-corrected chi connectivity index (χ0v) is 16.4. The van der Waals surface area contributed by atoms with E-state index in [4.69, 9.17) is 9.47 Å². The van der Waals surface area contributed by atoms with Crippen LogP contribution >= 0.6 is 0 Å². The van der Waals surface area contributed by atoms with Gasteiger partial charge in [0.2, 0.25) is 0 Å². The van der Waals surface area contributed by atoms with E-state index < -0.39 is 0 Å². The van der Waals surface area contributed by atoms with Gasteiger partial charge in [0.05, 0.1) is 25.5 Å². The highest BCUT2D eigenvalue weighted by molar-refractivity contribution is 5.96. The maximum Gasteiger partial charge on any atom is 0.161 e. The summed E-state index contributed by atoms with van der Waals surface area (Å²) in [5, 5.41) is 14.3. The number of fused-ring (bicyclic) bond motifs is 1. The molecule has 0 saturated heterocycles. The van der Waals surface area contributed by atoms with Gasteiger partial charge in [-0.2, -0.15) is 5.26 Å². The number of aryl methyl sites for hydroxylation is 1. The molecular weight excluding hydrogens is 364 g/mol. The minimum atomic E-state index is 0.466. The monoisotopic (exact) mass is 384 g/mol. The highest BCUT2D eigenvalue weighted by Gasteiger charge is 2.17. The predicted octanol–water partition coefficient (Wildman–Crippen LogP) is 5.17. The molecule has 0 unspecified atom stereocenters. The van der Waals surface area contributed by atoms with E-state index in [0.717, 1.165) is 33.4 Å². The number of hydrogen-bond acceptors (Lipinski definition) is 5. The molecule has 0 saturated carbocycles. The number of methoxy groups -OCH3 is 2. The van der Waals surface area contributed by atoms with Crippen molar-refractivity contribution in [3.8, 4) is 28.7 Å². The molecule has 0 radical (unpaired) electrons. The summed E-state index contributed by atoms with van der Waals surface area (Å²) >= 11 is 0. The number of ether oxygens (including phenoxy) is 2. The van der Waals surface area contributed by atoms with Gasteiger partial charge in [-0.15, -0.1) is 0 Å². The second-order valence-corrected chi connectivity index (χ2v) is 6.56. The van der Waals surface area contributed by atoms with Crippen molar-refractivity contribution in [1.82, 2.24) is 9.97 Å². The van der Waals surface area contributed by atoms with Gasteiger partial charge < -0.3 is 19.8 Å². The zero-order chi connectivity index (χ0) is 20.4. The van der Waals surface area contributed by atoms with Crippen LogP contribution in [0.4, 0.5) is 11.4 Å². The van der Waals surface area contributed by atoms with Crippen molar-refractivity contribution >= 4 is 22.3 Å². The van der Waals surface area contributed by atoms with Crippen molar-refractivity contribution in [3.05, 3.63) is 66.1 Å². The van der Waals surface area contributed by atoms with Gasteiger partial charge in [-0.3, -0.25) is 4.98 Å². The van der Waals surface area contributed by atoms with Crippen molar-refractivity contribution < 1.29 is 9.47 Å². The van der Waals surface area contributed by atoms with Gasteiger partial charge in [0.1, 0.15) is 6.07 Å². The minimum Gasteiger partial charge on any atom is -0.493 e. The van der Waals surface area contributed by atoms with Gasteiger partial charge in [-0.25, -0.2) is 0 Å². The molecule has 6 nitrogen and oxygen atoms in total. The molecule has 2 heterocycles. The van der Waals surface area contributed by atoms with Crippen molar-refractivity contribution in [3.63, 3.8) is 0 Å². The number of nitrogens with one attached hydrogen (secondary N) is 2. The molecule has 0 fully saturated rings. The van der Waals surface area contributed by atoms with Gasteiger partial charge in [0.15, 0.2) is 11.5 Å². The molecule has 4 aromatic rings. The highest BCUT2D eigenvalue weighted by atomic mass is 16.5. The highest BCUT2D eigenvalue weighted by Crippen LogP contribution is 2.40. The summed E-state index contributed by atoms with van der Waals surface area (Å²) in [6.07, 6.45) is 3.49. The molecule has 0 aliphatic carbocycles. The lowest BCUT2D eigenvalue weighted by atomic mass is 9.99. The number of aromatic nitrogens is 2. The Morgan fingerprint density at radius 2 is 1.90 bits per heavy atom. The Morgan fingerprint density at radius 1 is 1.07 bits per heavy atom. The topological polar surface area (TPSA) is 83.0 Å². The average molecular weight is 384 g/mol. The number of hydrogen-bond donors (Lipinski definition) is 2. The quantitative estimate of drug-likeness (QED) is 0.496. The summed E-state index contributed by atoms with van der Waals surface area (Å²) in [7, 11) is 3.20. The molecule has 2 N–H and O–H groups in total. The van der Waals surface area contributed by atoms with Crippen LogP contribution in [0.25, 0.3) is 22.0 Å². The predicted molar refractivity (Wildman–Crippen MR) is 114 cm³/mol. The van der Waals surface area contributed by atoms with Crippen molar-refractivity contribution in [2.45, 2.75) is 6.92 Å². The number of pyridine rings is 1. The Bertz CT molecular complexity index is 1240. The number of nitrogens with zero attached hydrogens (tertiary/aromatic N) is 2. The third-order valence-corrected chi connectivity index (χ3v) is 4.92. The lowest BCUT2D eigenvalue weighted by Gasteiger charge is -2.18.